The summed E-state index contributed by atoms with van der Waals surface area (Å²) in [6, 6.07) is 11.5. The zero-order valence-electron chi connectivity index (χ0n) is 17.5. The zero-order chi connectivity index (χ0) is 20.5. The Morgan fingerprint density at radius 2 is 1.57 bits per heavy atom. The molecule has 0 radical (unpaired) electrons. The van der Waals surface area contributed by atoms with Crippen LogP contribution in [0.25, 0.3) is 0 Å². The van der Waals surface area contributed by atoms with Crippen LogP contribution >= 0.6 is 0 Å². The number of hydrogen-bond acceptors (Lipinski definition) is 3. The van der Waals surface area contributed by atoms with Gasteiger partial charge in [-0.3, -0.25) is 0 Å². The number of methoxy groups -OCH3 is 1. The first-order valence-corrected chi connectivity index (χ1v) is 11.4. The van der Waals surface area contributed by atoms with Crippen LogP contribution in [-0.2, 0) is 28.3 Å². The van der Waals surface area contributed by atoms with Gasteiger partial charge in [0.15, 0.2) is 0 Å². The summed E-state index contributed by atoms with van der Waals surface area (Å²) in [5.74, 6) is 0.420. The highest BCUT2D eigenvalue weighted by Gasteiger charge is 2.25. The molecule has 0 heterocycles. The SMILES string of the molecule is COc1cc2c(cc1S(=O)(=O)NC(C)c1ccc(C(C)(C)C)cc1)CCCC2. The van der Waals surface area contributed by atoms with Gasteiger partial charge in [0.25, 0.3) is 0 Å². The summed E-state index contributed by atoms with van der Waals surface area (Å²) in [6.45, 7) is 8.36. The van der Waals surface area contributed by atoms with Gasteiger partial charge in [-0.25, -0.2) is 13.1 Å². The Labute approximate surface area is 169 Å². The van der Waals surface area contributed by atoms with Gasteiger partial charge in [0.2, 0.25) is 10.0 Å². The zero-order valence-corrected chi connectivity index (χ0v) is 18.3. The number of benzene rings is 2. The third-order valence-corrected chi connectivity index (χ3v) is 7.09. The minimum atomic E-state index is -3.70. The van der Waals surface area contributed by atoms with Crippen LogP contribution in [0.1, 0.15) is 68.8 Å². The summed E-state index contributed by atoms with van der Waals surface area (Å²) in [7, 11) is -2.17. The topological polar surface area (TPSA) is 55.4 Å². The van der Waals surface area contributed by atoms with Crippen molar-refractivity contribution in [1.82, 2.24) is 4.72 Å². The van der Waals surface area contributed by atoms with Gasteiger partial charge in [0, 0.05) is 6.04 Å². The smallest absolute Gasteiger partial charge is 0.244 e. The molecule has 3 rings (SSSR count). The van der Waals surface area contributed by atoms with E-state index in [9.17, 15) is 8.42 Å². The monoisotopic (exact) mass is 401 g/mol. The molecule has 2 aromatic carbocycles. The van der Waals surface area contributed by atoms with Crippen molar-refractivity contribution in [2.45, 2.75) is 69.7 Å². The maximum atomic E-state index is 13.1. The van der Waals surface area contributed by atoms with Crippen molar-refractivity contribution in [1.29, 1.82) is 0 Å². The highest BCUT2D eigenvalue weighted by molar-refractivity contribution is 7.89. The Kier molecular flexibility index (Phi) is 5.87. The Bertz CT molecular complexity index is 941. The van der Waals surface area contributed by atoms with Crippen molar-refractivity contribution in [3.8, 4) is 5.75 Å². The maximum absolute atomic E-state index is 13.1. The Hall–Kier alpha value is -1.85. The minimum Gasteiger partial charge on any atom is -0.495 e. The van der Waals surface area contributed by atoms with Gasteiger partial charge in [0.1, 0.15) is 10.6 Å². The van der Waals surface area contributed by atoms with Gasteiger partial charge in [-0.2, -0.15) is 0 Å². The summed E-state index contributed by atoms with van der Waals surface area (Å²) in [5.41, 5.74) is 4.55. The first kappa shape index (κ1) is 20.9. The van der Waals surface area contributed by atoms with E-state index in [1.54, 1.807) is 6.07 Å². The highest BCUT2D eigenvalue weighted by atomic mass is 32.2. The van der Waals surface area contributed by atoms with Crippen molar-refractivity contribution in [3.05, 3.63) is 58.7 Å². The molecule has 5 heteroatoms. The standard InChI is InChI=1S/C23H31NO3S/c1-16(17-10-12-20(13-11-17)23(2,3)4)24-28(25,26)22-15-19-9-7-6-8-18(19)14-21(22)27-5/h10-16,24H,6-9H2,1-5H3. The fourth-order valence-electron chi connectivity index (χ4n) is 3.75. The van der Waals surface area contributed by atoms with E-state index in [0.29, 0.717) is 5.75 Å². The fourth-order valence-corrected chi connectivity index (χ4v) is 5.18. The summed E-state index contributed by atoms with van der Waals surface area (Å²) in [6.07, 6.45) is 4.15. The van der Waals surface area contributed by atoms with Crippen LogP contribution < -0.4 is 9.46 Å². The van der Waals surface area contributed by atoms with E-state index in [0.717, 1.165) is 36.8 Å². The molecule has 0 aliphatic heterocycles. The molecule has 1 unspecified atom stereocenters. The molecule has 152 valence electrons. The molecule has 1 N–H and O–H groups in total. The number of ether oxygens (including phenoxy) is 1. The van der Waals surface area contributed by atoms with Crippen LogP contribution in [-0.4, -0.2) is 15.5 Å². The van der Waals surface area contributed by atoms with E-state index in [4.69, 9.17) is 4.74 Å². The lowest BCUT2D eigenvalue weighted by Gasteiger charge is -2.22. The number of hydrogen-bond donors (Lipinski definition) is 1. The average molecular weight is 402 g/mol. The van der Waals surface area contributed by atoms with Gasteiger partial charge < -0.3 is 4.74 Å². The second kappa shape index (κ2) is 7.88. The summed E-state index contributed by atoms with van der Waals surface area (Å²) < 4.78 is 34.5. The van der Waals surface area contributed by atoms with Gasteiger partial charge in [-0.1, -0.05) is 45.0 Å². The van der Waals surface area contributed by atoms with Gasteiger partial charge in [-0.05, 0) is 72.4 Å². The first-order chi connectivity index (χ1) is 13.1. The molecular weight excluding hydrogens is 370 g/mol. The van der Waals surface area contributed by atoms with Crippen LogP contribution in [0.5, 0.6) is 5.75 Å². The Balaban J connectivity index is 1.87. The Morgan fingerprint density at radius 3 is 2.11 bits per heavy atom. The second-order valence-electron chi connectivity index (χ2n) is 8.69. The van der Waals surface area contributed by atoms with Crippen molar-refractivity contribution in [2.75, 3.05) is 7.11 Å². The first-order valence-electron chi connectivity index (χ1n) is 9.94. The van der Waals surface area contributed by atoms with Crippen molar-refractivity contribution in [2.24, 2.45) is 0 Å². The molecule has 0 aromatic heterocycles. The van der Waals surface area contributed by atoms with Crippen molar-refractivity contribution < 1.29 is 13.2 Å². The second-order valence-corrected chi connectivity index (χ2v) is 10.4. The molecule has 1 aliphatic carbocycles. The van der Waals surface area contributed by atoms with Crippen molar-refractivity contribution >= 4 is 10.0 Å². The average Bonchev–Trinajstić information content (AvgIpc) is 2.66. The van der Waals surface area contributed by atoms with Crippen molar-refractivity contribution in [3.63, 3.8) is 0 Å². The van der Waals surface area contributed by atoms with E-state index in [2.05, 4.69) is 37.6 Å². The quantitative estimate of drug-likeness (QED) is 0.774. The molecule has 0 spiro atoms. The highest BCUT2D eigenvalue weighted by Crippen LogP contribution is 2.33. The molecular formula is C23H31NO3S. The third kappa shape index (κ3) is 4.41. The molecule has 0 amide bonds. The van der Waals surface area contributed by atoms with E-state index in [1.165, 1.54) is 18.2 Å². The van der Waals surface area contributed by atoms with E-state index in [1.807, 2.05) is 25.1 Å². The van der Waals surface area contributed by atoms with Gasteiger partial charge >= 0.3 is 0 Å². The molecule has 0 saturated heterocycles. The summed E-state index contributed by atoms with van der Waals surface area (Å²) >= 11 is 0. The van der Waals surface area contributed by atoms with Crippen LogP contribution in [0.15, 0.2) is 41.3 Å². The maximum Gasteiger partial charge on any atom is 0.244 e. The molecule has 0 bridgehead atoms. The van der Waals surface area contributed by atoms with E-state index in [-0.39, 0.29) is 16.4 Å². The molecule has 1 atom stereocenters. The molecule has 0 saturated carbocycles. The largest absolute Gasteiger partial charge is 0.495 e. The summed E-state index contributed by atoms with van der Waals surface area (Å²) in [5, 5.41) is 0. The molecule has 28 heavy (non-hydrogen) atoms. The molecule has 1 aliphatic rings. The number of rotatable bonds is 5. The molecule has 2 aromatic rings. The van der Waals surface area contributed by atoms with Crippen LogP contribution in [0.4, 0.5) is 0 Å². The van der Waals surface area contributed by atoms with Gasteiger partial charge in [0.05, 0.1) is 7.11 Å². The molecule has 0 fully saturated rings. The summed E-state index contributed by atoms with van der Waals surface area (Å²) in [4.78, 5) is 0.230. The predicted octanol–water partition coefficient (Wildman–Crippen LogP) is 4.91. The third-order valence-electron chi connectivity index (χ3n) is 5.53. The van der Waals surface area contributed by atoms with Crippen LogP contribution in [0.2, 0.25) is 0 Å². The Morgan fingerprint density at radius 1 is 1.00 bits per heavy atom. The number of aryl methyl sites for hydroxylation is 2. The minimum absolute atomic E-state index is 0.0672. The molecule has 4 nitrogen and oxygen atoms in total. The normalized spacial score (nSPS) is 15.8. The number of sulfonamides is 1. The lowest BCUT2D eigenvalue weighted by Crippen LogP contribution is -2.27. The van der Waals surface area contributed by atoms with E-state index >= 15 is 0 Å². The van der Waals surface area contributed by atoms with Crippen LogP contribution in [0.3, 0.4) is 0 Å². The van der Waals surface area contributed by atoms with Gasteiger partial charge in [-0.15, -0.1) is 0 Å². The number of fused-ring (bicyclic) bond motifs is 1. The lowest BCUT2D eigenvalue weighted by molar-refractivity contribution is 0.400. The van der Waals surface area contributed by atoms with Crippen LogP contribution in [0, 0.1) is 0 Å². The lowest BCUT2D eigenvalue weighted by atomic mass is 9.86. The fraction of sp³-hybridized carbons (Fsp3) is 0.478. The number of nitrogens with one attached hydrogen (secondary N) is 1. The predicted molar refractivity (Wildman–Crippen MR) is 114 cm³/mol. The van der Waals surface area contributed by atoms with E-state index < -0.39 is 10.0 Å².